The van der Waals surface area contributed by atoms with Gasteiger partial charge >= 0.3 is 0 Å². The van der Waals surface area contributed by atoms with Gasteiger partial charge in [-0.05, 0) is 44.4 Å². The van der Waals surface area contributed by atoms with Crippen molar-refractivity contribution in [3.8, 4) is 0 Å². The lowest BCUT2D eigenvalue weighted by Crippen LogP contribution is -2.34. The first-order valence-corrected chi connectivity index (χ1v) is 11.7. The van der Waals surface area contributed by atoms with Gasteiger partial charge in [-0.1, -0.05) is 25.1 Å². The first kappa shape index (κ1) is 20.2. The fourth-order valence-electron chi connectivity index (χ4n) is 3.29. The molecule has 1 aliphatic rings. The number of sulfonamides is 1. The number of imidazole rings is 1. The smallest absolute Gasteiger partial charge is 0.238 e. The number of hydrogen-bond donors (Lipinski definition) is 1. The molecule has 0 spiro atoms. The van der Waals surface area contributed by atoms with Gasteiger partial charge in [0.05, 0.1) is 21.2 Å². The van der Waals surface area contributed by atoms with Crippen molar-refractivity contribution < 1.29 is 13.2 Å². The third-order valence-corrected chi connectivity index (χ3v) is 6.78. The molecule has 0 aliphatic carbocycles. The summed E-state index contributed by atoms with van der Waals surface area (Å²) in [5.74, 6) is 0.136. The highest BCUT2D eigenvalue weighted by Gasteiger charge is 2.26. The van der Waals surface area contributed by atoms with Gasteiger partial charge in [-0.3, -0.25) is 4.79 Å². The number of carbonyl (C=O) groups excluding carboxylic acids is 1. The Morgan fingerprint density at radius 3 is 2.67 bits per heavy atom. The van der Waals surface area contributed by atoms with Crippen molar-refractivity contribution in [3.63, 3.8) is 0 Å². The van der Waals surface area contributed by atoms with E-state index in [2.05, 4.69) is 16.5 Å². The van der Waals surface area contributed by atoms with Crippen molar-refractivity contribution in [1.29, 1.82) is 0 Å². The van der Waals surface area contributed by atoms with Crippen LogP contribution in [0, 0.1) is 0 Å². The van der Waals surface area contributed by atoms with E-state index < -0.39 is 10.0 Å². The predicted octanol–water partition coefficient (Wildman–Crippen LogP) is 2.59. The second-order valence-corrected chi connectivity index (χ2v) is 9.76. The van der Waals surface area contributed by atoms with Gasteiger partial charge in [0.15, 0.2) is 5.16 Å². The Balaban J connectivity index is 1.93. The molecule has 2 heterocycles. The van der Waals surface area contributed by atoms with Crippen LogP contribution in [0.5, 0.6) is 0 Å². The number of thioether (sulfide) groups is 1. The van der Waals surface area contributed by atoms with Gasteiger partial charge in [-0.25, -0.2) is 18.5 Å². The molecule has 1 saturated heterocycles. The molecule has 0 bridgehead atoms. The molecule has 1 aromatic heterocycles. The molecule has 0 saturated carbocycles. The highest BCUT2D eigenvalue weighted by atomic mass is 32.2. The Bertz CT molecular complexity index is 933. The number of fused-ring (bicyclic) bond motifs is 1. The number of primary sulfonamides is 1. The lowest BCUT2D eigenvalue weighted by atomic mass is 10.3. The third kappa shape index (κ3) is 4.47. The van der Waals surface area contributed by atoms with Crippen molar-refractivity contribution in [2.24, 2.45) is 5.14 Å². The zero-order valence-electron chi connectivity index (χ0n) is 15.7. The van der Waals surface area contributed by atoms with Crippen molar-refractivity contribution in [1.82, 2.24) is 14.5 Å². The molecule has 1 fully saturated rings. The molecular formula is C18H26N4O3S2. The summed E-state index contributed by atoms with van der Waals surface area (Å²) >= 11 is 1.43. The highest BCUT2D eigenvalue weighted by molar-refractivity contribution is 8.00. The molecule has 1 aromatic carbocycles. The number of carbonyl (C=O) groups is 1. The van der Waals surface area contributed by atoms with Crippen LogP contribution in [0.2, 0.25) is 0 Å². The number of nitrogens with two attached hydrogens (primary N) is 1. The van der Waals surface area contributed by atoms with Crippen LogP contribution in [-0.2, 0) is 21.4 Å². The number of unbranched alkanes of at least 4 members (excludes halogenated alkanes) is 1. The van der Waals surface area contributed by atoms with Crippen molar-refractivity contribution in [2.45, 2.75) is 61.4 Å². The van der Waals surface area contributed by atoms with Gasteiger partial charge in [0.2, 0.25) is 15.9 Å². The molecular weight excluding hydrogens is 384 g/mol. The summed E-state index contributed by atoms with van der Waals surface area (Å²) in [5, 5.41) is 5.75. The molecule has 148 valence electrons. The Hall–Kier alpha value is -1.58. The normalized spacial score (nSPS) is 16.2. The summed E-state index contributed by atoms with van der Waals surface area (Å²) in [6, 6.07) is 4.76. The lowest BCUT2D eigenvalue weighted by Gasteiger charge is -2.20. The average Bonchev–Trinajstić information content (AvgIpc) is 3.26. The van der Waals surface area contributed by atoms with Gasteiger partial charge in [0.1, 0.15) is 0 Å². The Kier molecular flexibility index (Phi) is 6.12. The van der Waals surface area contributed by atoms with E-state index in [9.17, 15) is 13.2 Å². The average molecular weight is 411 g/mol. The minimum absolute atomic E-state index is 0.0490. The lowest BCUT2D eigenvalue weighted by molar-refractivity contribution is -0.129. The number of nitrogens with zero attached hydrogens (tertiary/aromatic N) is 3. The van der Waals surface area contributed by atoms with Crippen LogP contribution < -0.4 is 5.14 Å². The maximum atomic E-state index is 12.6. The van der Waals surface area contributed by atoms with Crippen LogP contribution >= 0.6 is 11.8 Å². The van der Waals surface area contributed by atoms with Crippen LogP contribution in [0.15, 0.2) is 28.3 Å². The standard InChI is InChI=1S/C18H26N4O3S2/c1-3-4-11-22-16-8-7-14(27(19,24)25)12-15(16)20-18(22)26-13(2)17(23)21-9-5-6-10-21/h7-8,12-13H,3-6,9-11H2,1-2H3,(H2,19,24,25)/t13-/m1/s1. The number of likely N-dealkylation sites (tertiary alicyclic amines) is 1. The van der Waals surface area contributed by atoms with E-state index >= 15 is 0 Å². The largest absolute Gasteiger partial charge is 0.342 e. The van der Waals surface area contributed by atoms with Gasteiger partial charge in [-0.15, -0.1) is 0 Å². The molecule has 1 aliphatic heterocycles. The van der Waals surface area contributed by atoms with Crippen molar-refractivity contribution in [3.05, 3.63) is 18.2 Å². The number of hydrogen-bond acceptors (Lipinski definition) is 5. The third-order valence-electron chi connectivity index (χ3n) is 4.80. The Labute approximate surface area is 164 Å². The minimum Gasteiger partial charge on any atom is -0.342 e. The molecule has 1 amide bonds. The number of aryl methyl sites for hydroxylation is 1. The number of amides is 1. The fourth-order valence-corrected chi connectivity index (χ4v) is 4.86. The molecule has 7 nitrogen and oxygen atoms in total. The molecule has 3 rings (SSSR count). The minimum atomic E-state index is -3.78. The van der Waals surface area contributed by atoms with E-state index in [-0.39, 0.29) is 16.1 Å². The van der Waals surface area contributed by atoms with Crippen molar-refractivity contribution in [2.75, 3.05) is 13.1 Å². The first-order chi connectivity index (χ1) is 12.8. The summed E-state index contributed by atoms with van der Waals surface area (Å²) in [6.45, 7) is 6.45. The van der Waals surface area contributed by atoms with E-state index in [1.54, 1.807) is 6.07 Å². The summed E-state index contributed by atoms with van der Waals surface area (Å²) in [5.41, 5.74) is 1.44. The van der Waals surface area contributed by atoms with Crippen LogP contribution in [0.1, 0.15) is 39.5 Å². The Morgan fingerprint density at radius 1 is 1.33 bits per heavy atom. The molecule has 2 aromatic rings. The fraction of sp³-hybridized carbons (Fsp3) is 0.556. The molecule has 9 heteroatoms. The SMILES string of the molecule is CCCCn1c(S[C@H](C)C(=O)N2CCCC2)nc2cc(S(N)(=O)=O)ccc21. The van der Waals surface area contributed by atoms with E-state index in [1.165, 1.54) is 23.9 Å². The maximum Gasteiger partial charge on any atom is 0.238 e. The monoisotopic (exact) mass is 410 g/mol. The zero-order chi connectivity index (χ0) is 19.6. The van der Waals surface area contributed by atoms with Crippen LogP contribution in [0.4, 0.5) is 0 Å². The first-order valence-electron chi connectivity index (χ1n) is 9.29. The van der Waals surface area contributed by atoms with E-state index in [4.69, 9.17) is 5.14 Å². The summed E-state index contributed by atoms with van der Waals surface area (Å²) in [6.07, 6.45) is 4.13. The van der Waals surface area contributed by atoms with Gasteiger partial charge in [-0.2, -0.15) is 0 Å². The van der Waals surface area contributed by atoms with Crippen molar-refractivity contribution >= 4 is 38.7 Å². The number of benzene rings is 1. The maximum absolute atomic E-state index is 12.6. The number of aromatic nitrogens is 2. The second-order valence-electron chi connectivity index (χ2n) is 6.89. The zero-order valence-corrected chi connectivity index (χ0v) is 17.4. The second kappa shape index (κ2) is 8.20. The van der Waals surface area contributed by atoms with E-state index in [1.807, 2.05) is 11.8 Å². The van der Waals surface area contributed by atoms with Gasteiger partial charge in [0, 0.05) is 19.6 Å². The molecule has 0 radical (unpaired) electrons. The summed E-state index contributed by atoms with van der Waals surface area (Å²) in [4.78, 5) is 19.2. The molecule has 0 unspecified atom stereocenters. The Morgan fingerprint density at radius 2 is 2.04 bits per heavy atom. The molecule has 27 heavy (non-hydrogen) atoms. The van der Waals surface area contributed by atoms with Crippen LogP contribution in [-0.4, -0.2) is 47.1 Å². The highest BCUT2D eigenvalue weighted by Crippen LogP contribution is 2.30. The quantitative estimate of drug-likeness (QED) is 0.708. The summed E-state index contributed by atoms with van der Waals surface area (Å²) < 4.78 is 25.4. The summed E-state index contributed by atoms with van der Waals surface area (Å²) in [7, 11) is -3.78. The van der Waals surface area contributed by atoms with E-state index in [0.29, 0.717) is 5.52 Å². The molecule has 2 N–H and O–H groups in total. The van der Waals surface area contributed by atoms with Crippen LogP contribution in [0.3, 0.4) is 0 Å². The molecule has 1 atom stereocenters. The van der Waals surface area contributed by atoms with Gasteiger partial charge in [0.25, 0.3) is 0 Å². The van der Waals surface area contributed by atoms with Crippen LogP contribution in [0.25, 0.3) is 11.0 Å². The van der Waals surface area contributed by atoms with Gasteiger partial charge < -0.3 is 9.47 Å². The number of rotatable bonds is 7. The van der Waals surface area contributed by atoms with E-state index in [0.717, 1.165) is 56.0 Å². The predicted molar refractivity (Wildman–Crippen MR) is 107 cm³/mol. The topological polar surface area (TPSA) is 98.3 Å².